The molecule has 0 N–H and O–H groups in total. The van der Waals surface area contributed by atoms with Crippen molar-refractivity contribution >= 4 is 27.7 Å². The van der Waals surface area contributed by atoms with Crippen LogP contribution < -0.4 is 0 Å². The first-order valence-electron chi connectivity index (χ1n) is 8.44. The number of pyridine rings is 1. The number of para-hydroxylation sites is 4. The van der Waals surface area contributed by atoms with Crippen LogP contribution >= 0.6 is 0 Å². The molecule has 5 heteroatoms. The van der Waals surface area contributed by atoms with Crippen LogP contribution in [0.15, 0.2) is 54.6 Å². The van der Waals surface area contributed by atoms with E-state index in [4.69, 9.17) is 9.97 Å². The summed E-state index contributed by atoms with van der Waals surface area (Å²) in [6.45, 7) is 3.95. The second-order valence-corrected chi connectivity index (χ2v) is 6.42. The normalized spacial score (nSPS) is 11.4. The molecule has 3 aromatic heterocycles. The maximum Gasteiger partial charge on any atom is 0.157 e. The number of hydrogen-bond acceptors (Lipinski definition) is 3. The Kier molecular flexibility index (Phi) is 2.92. The molecule has 5 nitrogen and oxygen atoms in total. The molecule has 124 valence electrons. The van der Waals surface area contributed by atoms with Crippen LogP contribution in [0, 0.1) is 25.2 Å². The minimum atomic E-state index is 0.604. The molecular formula is C21H15N5. The Morgan fingerprint density at radius 3 is 2.27 bits per heavy atom. The molecule has 0 unspecified atom stereocenters. The summed E-state index contributed by atoms with van der Waals surface area (Å²) in [5, 5.41) is 9.67. The Morgan fingerprint density at radius 2 is 1.54 bits per heavy atom. The standard InChI is InChI=1S/C21H15N5/c1-13-11-20(25-14(2)23-16-7-3-5-9-18(16)25)26-19-10-6-4-8-17(19)24-21(26)15(13)12-22/h3-11H,1-2H3. The van der Waals surface area contributed by atoms with Crippen molar-refractivity contribution < 1.29 is 0 Å². The molecule has 3 heterocycles. The number of rotatable bonds is 1. The second kappa shape index (κ2) is 5.17. The van der Waals surface area contributed by atoms with Crippen LogP contribution in [-0.2, 0) is 0 Å². The third kappa shape index (κ3) is 1.84. The molecule has 0 saturated heterocycles. The van der Waals surface area contributed by atoms with E-state index >= 15 is 0 Å². The summed E-state index contributed by atoms with van der Waals surface area (Å²) in [5.41, 5.74) is 6.03. The maximum atomic E-state index is 9.67. The smallest absolute Gasteiger partial charge is 0.157 e. The second-order valence-electron chi connectivity index (χ2n) is 6.42. The van der Waals surface area contributed by atoms with Gasteiger partial charge in [0.2, 0.25) is 0 Å². The number of aromatic nitrogens is 4. The average Bonchev–Trinajstić information content (AvgIpc) is 3.18. The van der Waals surface area contributed by atoms with E-state index in [1.807, 2.05) is 62.4 Å². The van der Waals surface area contributed by atoms with E-state index < -0.39 is 0 Å². The molecule has 0 saturated carbocycles. The molecule has 5 aromatic rings. The first-order valence-corrected chi connectivity index (χ1v) is 8.44. The molecule has 0 aliphatic heterocycles. The first-order chi connectivity index (χ1) is 12.7. The van der Waals surface area contributed by atoms with Gasteiger partial charge in [0.05, 0.1) is 27.6 Å². The van der Waals surface area contributed by atoms with Crippen LogP contribution in [0.25, 0.3) is 33.5 Å². The summed E-state index contributed by atoms with van der Waals surface area (Å²) < 4.78 is 4.19. The summed E-state index contributed by atoms with van der Waals surface area (Å²) in [6, 6.07) is 20.4. The molecule has 0 fully saturated rings. The lowest BCUT2D eigenvalue weighted by molar-refractivity contribution is 0.935. The maximum absolute atomic E-state index is 9.67. The molecule has 26 heavy (non-hydrogen) atoms. The molecule has 0 amide bonds. The number of benzene rings is 2. The third-order valence-electron chi connectivity index (χ3n) is 4.82. The number of nitriles is 1. The third-order valence-corrected chi connectivity index (χ3v) is 4.82. The molecule has 0 bridgehead atoms. The van der Waals surface area contributed by atoms with Crippen molar-refractivity contribution in [2.75, 3.05) is 0 Å². The molecule has 0 aliphatic carbocycles. The highest BCUT2D eigenvalue weighted by Crippen LogP contribution is 2.28. The van der Waals surface area contributed by atoms with Gasteiger partial charge in [-0.15, -0.1) is 0 Å². The zero-order valence-electron chi connectivity index (χ0n) is 14.4. The largest absolute Gasteiger partial charge is 0.282 e. The Labute approximate surface area is 149 Å². The van der Waals surface area contributed by atoms with Gasteiger partial charge in [0.25, 0.3) is 0 Å². The number of fused-ring (bicyclic) bond motifs is 4. The molecule has 0 aliphatic rings. The SMILES string of the molecule is Cc1cc(-n2c(C)nc3ccccc32)n2c(nc3ccccc32)c1C#N. The van der Waals surface area contributed by atoms with Crippen LogP contribution in [0.1, 0.15) is 17.0 Å². The molecule has 0 atom stereocenters. The van der Waals surface area contributed by atoms with Gasteiger partial charge >= 0.3 is 0 Å². The summed E-state index contributed by atoms with van der Waals surface area (Å²) in [7, 11) is 0. The van der Waals surface area contributed by atoms with Gasteiger partial charge in [-0.05, 0) is 49.7 Å². The van der Waals surface area contributed by atoms with Gasteiger partial charge < -0.3 is 0 Å². The van der Waals surface area contributed by atoms with Crippen molar-refractivity contribution in [2.24, 2.45) is 0 Å². The van der Waals surface area contributed by atoms with Crippen LogP contribution in [0.2, 0.25) is 0 Å². The number of nitrogens with zero attached hydrogens (tertiary/aromatic N) is 5. The molecule has 0 radical (unpaired) electrons. The highest BCUT2D eigenvalue weighted by molar-refractivity contribution is 5.85. The van der Waals surface area contributed by atoms with E-state index in [2.05, 4.69) is 21.1 Å². The highest BCUT2D eigenvalue weighted by atomic mass is 15.2. The Morgan fingerprint density at radius 1 is 0.885 bits per heavy atom. The van der Waals surface area contributed by atoms with Gasteiger partial charge in [-0.1, -0.05) is 24.3 Å². The zero-order chi connectivity index (χ0) is 17.8. The van der Waals surface area contributed by atoms with Crippen molar-refractivity contribution in [1.82, 2.24) is 18.9 Å². The zero-order valence-corrected chi connectivity index (χ0v) is 14.4. The van der Waals surface area contributed by atoms with Gasteiger partial charge in [0.1, 0.15) is 17.7 Å². The predicted molar refractivity (Wildman–Crippen MR) is 102 cm³/mol. The lowest BCUT2D eigenvalue weighted by atomic mass is 10.1. The quantitative estimate of drug-likeness (QED) is 0.458. The van der Waals surface area contributed by atoms with Crippen molar-refractivity contribution in [3.05, 3.63) is 71.5 Å². The van der Waals surface area contributed by atoms with Gasteiger partial charge in [-0.3, -0.25) is 8.97 Å². The van der Waals surface area contributed by atoms with Crippen LogP contribution in [0.5, 0.6) is 0 Å². The lowest BCUT2D eigenvalue weighted by Gasteiger charge is -2.13. The van der Waals surface area contributed by atoms with Crippen molar-refractivity contribution in [3.8, 4) is 11.9 Å². The lowest BCUT2D eigenvalue weighted by Crippen LogP contribution is -2.06. The highest BCUT2D eigenvalue weighted by Gasteiger charge is 2.18. The van der Waals surface area contributed by atoms with E-state index in [1.165, 1.54) is 0 Å². The van der Waals surface area contributed by atoms with Gasteiger partial charge in [0.15, 0.2) is 5.65 Å². The van der Waals surface area contributed by atoms with E-state index in [1.54, 1.807) is 0 Å². The first kappa shape index (κ1) is 14.7. The summed E-state index contributed by atoms with van der Waals surface area (Å²) >= 11 is 0. The summed E-state index contributed by atoms with van der Waals surface area (Å²) in [6.07, 6.45) is 0. The van der Waals surface area contributed by atoms with Crippen LogP contribution in [-0.4, -0.2) is 18.9 Å². The number of aryl methyl sites for hydroxylation is 2. The molecule has 5 rings (SSSR count). The molecule has 0 spiro atoms. The monoisotopic (exact) mass is 337 g/mol. The Balaban J connectivity index is 2.04. The van der Waals surface area contributed by atoms with E-state index in [0.717, 1.165) is 39.3 Å². The van der Waals surface area contributed by atoms with Gasteiger partial charge in [-0.2, -0.15) is 5.26 Å². The topological polar surface area (TPSA) is 58.9 Å². The van der Waals surface area contributed by atoms with Gasteiger partial charge in [0, 0.05) is 0 Å². The van der Waals surface area contributed by atoms with Crippen molar-refractivity contribution in [1.29, 1.82) is 5.26 Å². The number of hydrogen-bond donors (Lipinski definition) is 0. The Hall–Kier alpha value is -3.65. The Bertz CT molecular complexity index is 1360. The fraction of sp³-hybridized carbons (Fsp3) is 0.0952. The predicted octanol–water partition coefficient (Wildman–Crippen LogP) is 4.31. The van der Waals surface area contributed by atoms with Crippen LogP contribution in [0.4, 0.5) is 0 Å². The fourth-order valence-corrected chi connectivity index (χ4v) is 3.67. The van der Waals surface area contributed by atoms with Crippen molar-refractivity contribution in [2.45, 2.75) is 13.8 Å². The van der Waals surface area contributed by atoms with E-state index in [9.17, 15) is 5.26 Å². The summed E-state index contributed by atoms with van der Waals surface area (Å²) in [5.74, 6) is 1.84. The summed E-state index contributed by atoms with van der Waals surface area (Å²) in [4.78, 5) is 9.43. The average molecular weight is 337 g/mol. The van der Waals surface area contributed by atoms with Crippen LogP contribution in [0.3, 0.4) is 0 Å². The fourth-order valence-electron chi connectivity index (χ4n) is 3.67. The minimum Gasteiger partial charge on any atom is -0.282 e. The minimum absolute atomic E-state index is 0.604. The van der Waals surface area contributed by atoms with E-state index in [0.29, 0.717) is 11.2 Å². The molecular weight excluding hydrogens is 322 g/mol. The molecule has 2 aromatic carbocycles. The van der Waals surface area contributed by atoms with Gasteiger partial charge in [-0.25, -0.2) is 9.97 Å². The number of imidazole rings is 2. The van der Waals surface area contributed by atoms with Crippen molar-refractivity contribution in [3.63, 3.8) is 0 Å². The van der Waals surface area contributed by atoms with E-state index in [-0.39, 0.29) is 0 Å².